The van der Waals surface area contributed by atoms with Crippen LogP contribution in [0.3, 0.4) is 0 Å². The van der Waals surface area contributed by atoms with Crippen molar-refractivity contribution in [3.8, 4) is 0 Å². The number of hydrogen-bond acceptors (Lipinski definition) is 3. The second kappa shape index (κ2) is 26.9. The number of hydrogen-bond donors (Lipinski definition) is 2. The molecule has 0 aromatic heterocycles. The van der Waals surface area contributed by atoms with Gasteiger partial charge >= 0.3 is 5.97 Å². The number of carbonyl (C=O) groups is 2. The molecule has 0 unspecified atom stereocenters. The molecule has 0 aromatic rings. The van der Waals surface area contributed by atoms with Crippen LogP contribution in [-0.2, 0) is 9.59 Å². The fourth-order valence-electron chi connectivity index (χ4n) is 3.63. The van der Waals surface area contributed by atoms with Crippen molar-refractivity contribution in [3.63, 3.8) is 0 Å². The second-order valence-electron chi connectivity index (χ2n) is 8.75. The number of rotatable bonds is 21. The molecule has 186 valence electrons. The number of amides is 1. The lowest BCUT2D eigenvalue weighted by molar-refractivity contribution is -0.137. The molecule has 31 heavy (non-hydrogen) atoms. The first-order valence-electron chi connectivity index (χ1n) is 13.2. The van der Waals surface area contributed by atoms with Gasteiger partial charge in [-0.1, -0.05) is 111 Å². The Morgan fingerprint density at radius 2 is 0.968 bits per heavy atom. The molecule has 0 aliphatic rings. The molecule has 0 heterocycles. The van der Waals surface area contributed by atoms with Crippen LogP contribution in [0.25, 0.3) is 0 Å². The van der Waals surface area contributed by atoms with E-state index in [9.17, 15) is 9.59 Å². The predicted molar refractivity (Wildman–Crippen MR) is 133 cm³/mol. The van der Waals surface area contributed by atoms with Crippen molar-refractivity contribution in [3.05, 3.63) is 0 Å². The Hall–Kier alpha value is -1.10. The van der Waals surface area contributed by atoms with E-state index in [0.29, 0.717) is 6.42 Å². The van der Waals surface area contributed by atoms with Crippen molar-refractivity contribution < 1.29 is 14.7 Å². The van der Waals surface area contributed by atoms with E-state index in [1.807, 2.05) is 5.01 Å². The molecule has 0 radical (unpaired) electrons. The summed E-state index contributed by atoms with van der Waals surface area (Å²) in [5.74, 6) is -0.633. The van der Waals surface area contributed by atoms with Crippen LogP contribution in [0.4, 0.5) is 0 Å². The zero-order chi connectivity index (χ0) is 23.6. The van der Waals surface area contributed by atoms with E-state index < -0.39 is 5.97 Å². The highest BCUT2D eigenvalue weighted by Crippen LogP contribution is 2.13. The van der Waals surface area contributed by atoms with E-state index in [0.717, 1.165) is 38.8 Å². The van der Waals surface area contributed by atoms with Crippen LogP contribution >= 0.6 is 0 Å². The van der Waals surface area contributed by atoms with Gasteiger partial charge in [0, 0.05) is 26.4 Å². The monoisotopic (exact) mass is 442 g/mol. The number of nitrogens with one attached hydrogen (secondary N) is 1. The molecule has 0 fully saturated rings. The molecule has 1 amide bonds. The molecule has 0 aliphatic carbocycles. The van der Waals surface area contributed by atoms with Crippen LogP contribution in [-0.4, -0.2) is 35.1 Å². The number of nitrogens with zero attached hydrogens (tertiary/aromatic N) is 1. The molecule has 2 N–H and O–H groups in total. The Bertz CT molecular complexity index is 383. The van der Waals surface area contributed by atoms with Gasteiger partial charge in [0.15, 0.2) is 0 Å². The Labute approximate surface area is 193 Å². The Kier molecular flexibility index (Phi) is 27.9. The lowest BCUT2D eigenvalue weighted by atomic mass is 10.0. The first kappa shape index (κ1) is 32.1. The van der Waals surface area contributed by atoms with Crippen molar-refractivity contribution >= 4 is 11.9 Å². The van der Waals surface area contributed by atoms with Crippen LogP contribution in [0.1, 0.15) is 143 Å². The maximum Gasteiger partial charge on any atom is 0.303 e. The first-order chi connectivity index (χ1) is 15.0. The van der Waals surface area contributed by atoms with E-state index in [-0.39, 0.29) is 5.91 Å². The summed E-state index contributed by atoms with van der Waals surface area (Å²) in [4.78, 5) is 21.0. The van der Waals surface area contributed by atoms with Crippen LogP contribution in [0.2, 0.25) is 0 Å². The molecule has 0 bridgehead atoms. The highest BCUT2D eigenvalue weighted by atomic mass is 16.4. The first-order valence-corrected chi connectivity index (χ1v) is 13.2. The van der Waals surface area contributed by atoms with E-state index in [2.05, 4.69) is 26.2 Å². The lowest BCUT2D eigenvalue weighted by Crippen LogP contribution is -2.41. The lowest BCUT2D eigenvalue weighted by Gasteiger charge is -2.20. The van der Waals surface area contributed by atoms with Crippen LogP contribution in [0.5, 0.6) is 0 Å². The quantitative estimate of drug-likeness (QED) is 0.143. The number of unbranched alkanes of at least 4 members (excludes halogenated alkanes) is 14. The van der Waals surface area contributed by atoms with Gasteiger partial charge < -0.3 is 5.11 Å². The summed E-state index contributed by atoms with van der Waals surface area (Å²) in [5.41, 5.74) is 2.78. The summed E-state index contributed by atoms with van der Waals surface area (Å²) in [6, 6.07) is 0. The van der Waals surface area contributed by atoms with Gasteiger partial charge in [-0.25, -0.2) is 5.01 Å². The number of aliphatic carboxylic acids is 1. The molecular weight excluding hydrogens is 388 g/mol. The average Bonchev–Trinajstić information content (AvgIpc) is 2.71. The third kappa shape index (κ3) is 31.2. The summed E-state index contributed by atoms with van der Waals surface area (Å²) in [6.07, 6.45) is 22.3. The largest absolute Gasteiger partial charge is 0.481 e. The standard InChI is InChI=1S/C18H36O2.C8H18N2O/c1-2-3-4-5-6-7-8-9-10-11-12-13-14-15-16-17-18(19)20;1-4-6-10(7-5-2)9-8(3)11/h2-17H2,1H3,(H,19,20);4-7H2,1-3H3,(H,9,11). The predicted octanol–water partition coefficient (Wildman–Crippen LogP) is 7.49. The minimum absolute atomic E-state index is 0.0203. The fraction of sp³-hybridized carbons (Fsp3) is 0.923. The average molecular weight is 443 g/mol. The molecule has 0 rings (SSSR count). The van der Waals surface area contributed by atoms with Gasteiger partial charge in [0.25, 0.3) is 0 Å². The van der Waals surface area contributed by atoms with E-state index in [1.165, 1.54) is 83.5 Å². The maximum atomic E-state index is 10.7. The van der Waals surface area contributed by atoms with Crippen LogP contribution < -0.4 is 5.43 Å². The van der Waals surface area contributed by atoms with Crippen molar-refractivity contribution in [1.82, 2.24) is 10.4 Å². The minimum Gasteiger partial charge on any atom is -0.481 e. The summed E-state index contributed by atoms with van der Waals surface area (Å²) in [7, 11) is 0. The zero-order valence-electron chi connectivity index (χ0n) is 21.4. The number of carbonyl (C=O) groups excluding carboxylic acids is 1. The Morgan fingerprint density at radius 1 is 0.613 bits per heavy atom. The molecule has 0 atom stereocenters. The highest BCUT2D eigenvalue weighted by Gasteiger charge is 2.01. The number of carboxylic acid groups (broad SMARTS) is 1. The van der Waals surface area contributed by atoms with E-state index in [1.54, 1.807) is 6.92 Å². The highest BCUT2D eigenvalue weighted by molar-refractivity contribution is 5.72. The van der Waals surface area contributed by atoms with Crippen molar-refractivity contribution in [2.24, 2.45) is 0 Å². The van der Waals surface area contributed by atoms with Crippen molar-refractivity contribution in [2.75, 3.05) is 13.1 Å². The fourth-order valence-corrected chi connectivity index (χ4v) is 3.63. The van der Waals surface area contributed by atoms with Crippen molar-refractivity contribution in [2.45, 2.75) is 143 Å². The third-order valence-electron chi connectivity index (χ3n) is 5.30. The molecule has 0 saturated carbocycles. The molecule has 0 spiro atoms. The molecule has 0 aliphatic heterocycles. The second-order valence-corrected chi connectivity index (χ2v) is 8.75. The third-order valence-corrected chi connectivity index (χ3v) is 5.30. The number of hydrazine groups is 1. The number of carboxylic acids is 1. The van der Waals surface area contributed by atoms with Crippen LogP contribution in [0.15, 0.2) is 0 Å². The molecule has 0 aromatic carbocycles. The topological polar surface area (TPSA) is 69.6 Å². The minimum atomic E-state index is -0.653. The molecular formula is C26H54N2O3. The van der Waals surface area contributed by atoms with E-state index >= 15 is 0 Å². The summed E-state index contributed by atoms with van der Waals surface area (Å²) in [6.45, 7) is 9.89. The summed E-state index contributed by atoms with van der Waals surface area (Å²) >= 11 is 0. The van der Waals surface area contributed by atoms with Gasteiger partial charge in [0.2, 0.25) is 5.91 Å². The molecule has 5 nitrogen and oxygen atoms in total. The smallest absolute Gasteiger partial charge is 0.303 e. The SMILES string of the molecule is CCCCCCCCCCCCCCCCCC(=O)O.CCCN(CCC)NC(C)=O. The molecule has 0 saturated heterocycles. The van der Waals surface area contributed by atoms with Crippen molar-refractivity contribution in [1.29, 1.82) is 0 Å². The van der Waals surface area contributed by atoms with Gasteiger partial charge in [0.1, 0.15) is 0 Å². The van der Waals surface area contributed by atoms with Gasteiger partial charge in [-0.3, -0.25) is 15.0 Å². The Balaban J connectivity index is 0. The van der Waals surface area contributed by atoms with Gasteiger partial charge in [-0.05, 0) is 19.3 Å². The van der Waals surface area contributed by atoms with Gasteiger partial charge in [-0.15, -0.1) is 0 Å². The van der Waals surface area contributed by atoms with Crippen LogP contribution in [0, 0.1) is 0 Å². The normalized spacial score (nSPS) is 10.6. The van der Waals surface area contributed by atoms with E-state index in [4.69, 9.17) is 5.11 Å². The van der Waals surface area contributed by atoms with Gasteiger partial charge in [-0.2, -0.15) is 0 Å². The summed E-state index contributed by atoms with van der Waals surface area (Å²) in [5, 5.41) is 10.5. The summed E-state index contributed by atoms with van der Waals surface area (Å²) < 4.78 is 0. The van der Waals surface area contributed by atoms with Gasteiger partial charge in [0.05, 0.1) is 0 Å². The molecule has 5 heteroatoms. The Morgan fingerprint density at radius 3 is 1.26 bits per heavy atom. The zero-order valence-corrected chi connectivity index (χ0v) is 21.4. The maximum absolute atomic E-state index is 10.7.